The molecule has 3 N–H and O–H groups in total. The molecule has 2 rings (SSSR count). The number of nitrogens with one attached hydrogen (secondary N) is 3. The maximum Gasteiger partial charge on any atom is 0.387 e. The highest BCUT2D eigenvalue weighted by atomic mass is 19.3. The van der Waals surface area contributed by atoms with Gasteiger partial charge >= 0.3 is 6.61 Å². The van der Waals surface area contributed by atoms with Crippen LogP contribution in [0.2, 0.25) is 0 Å². The van der Waals surface area contributed by atoms with Crippen molar-refractivity contribution in [1.29, 1.82) is 0 Å². The topological polar surface area (TPSA) is 79.5 Å². The smallest absolute Gasteiger partial charge is 0.387 e. The summed E-state index contributed by atoms with van der Waals surface area (Å²) >= 11 is 0. The lowest BCUT2D eigenvalue weighted by molar-refractivity contribution is -0.114. The summed E-state index contributed by atoms with van der Waals surface area (Å²) in [6, 6.07) is 11.0. The third kappa shape index (κ3) is 4.92. The van der Waals surface area contributed by atoms with E-state index in [0.717, 1.165) is 0 Å². The lowest BCUT2D eigenvalue weighted by atomic mass is 10.1. The largest absolute Gasteiger partial charge is 0.433 e. The van der Waals surface area contributed by atoms with Crippen LogP contribution >= 0.6 is 0 Å². The number of halogens is 2. The molecular weight excluding hydrogens is 344 g/mol. The molecule has 2 amide bonds. The molecule has 0 radical (unpaired) electrons. The Balaban J connectivity index is 2.03. The van der Waals surface area contributed by atoms with Crippen LogP contribution in [0, 0.1) is 6.92 Å². The van der Waals surface area contributed by atoms with Gasteiger partial charge in [0.15, 0.2) is 0 Å². The fourth-order valence-corrected chi connectivity index (χ4v) is 2.35. The number of hydrogen-bond donors (Lipinski definition) is 3. The first-order valence-electron chi connectivity index (χ1n) is 7.81. The third-order valence-electron chi connectivity index (χ3n) is 3.62. The van der Waals surface area contributed by atoms with Crippen molar-refractivity contribution in [3.63, 3.8) is 0 Å². The number of para-hydroxylation sites is 2. The second-order valence-electron chi connectivity index (χ2n) is 5.33. The summed E-state index contributed by atoms with van der Waals surface area (Å²) < 4.78 is 29.2. The summed E-state index contributed by atoms with van der Waals surface area (Å²) in [7, 11) is 1.54. The summed E-state index contributed by atoms with van der Waals surface area (Å²) in [6.45, 7) is -1.33. The zero-order valence-corrected chi connectivity index (χ0v) is 14.3. The molecular formula is C18H19F2N3O3. The number of amides is 2. The van der Waals surface area contributed by atoms with Crippen molar-refractivity contribution in [2.75, 3.05) is 24.2 Å². The van der Waals surface area contributed by atoms with Crippen LogP contribution in [-0.4, -0.2) is 32.0 Å². The predicted octanol–water partition coefficient (Wildman–Crippen LogP) is 3.01. The maximum atomic E-state index is 12.4. The van der Waals surface area contributed by atoms with E-state index in [1.165, 1.54) is 25.2 Å². The van der Waals surface area contributed by atoms with Gasteiger partial charge in [-0.3, -0.25) is 9.59 Å². The van der Waals surface area contributed by atoms with Crippen molar-refractivity contribution >= 4 is 23.2 Å². The fraction of sp³-hybridized carbons (Fsp3) is 0.222. The lowest BCUT2D eigenvalue weighted by Gasteiger charge is -2.14. The molecule has 6 nitrogen and oxygen atoms in total. The number of rotatable bonds is 7. The molecule has 0 bridgehead atoms. The Labute approximate surface area is 149 Å². The number of anilines is 2. The van der Waals surface area contributed by atoms with E-state index in [1.54, 1.807) is 31.2 Å². The van der Waals surface area contributed by atoms with Crippen LogP contribution in [0.3, 0.4) is 0 Å². The standard InChI is InChI=1S/C18H19F2N3O3/c1-11-12(17(25)21-2)6-5-8-13(11)22-10-16(24)23-14-7-3-4-9-15(14)26-18(19)20/h3-9,18,22H,10H2,1-2H3,(H,21,25)(H,23,24). The number of alkyl halides is 2. The van der Waals surface area contributed by atoms with Crippen LogP contribution in [0.25, 0.3) is 0 Å². The van der Waals surface area contributed by atoms with Gasteiger partial charge in [0.25, 0.3) is 5.91 Å². The van der Waals surface area contributed by atoms with Gasteiger partial charge in [-0.15, -0.1) is 0 Å². The number of benzene rings is 2. The number of carbonyl (C=O) groups is 2. The maximum absolute atomic E-state index is 12.4. The van der Waals surface area contributed by atoms with Crippen molar-refractivity contribution in [2.45, 2.75) is 13.5 Å². The molecule has 0 saturated heterocycles. The molecule has 2 aromatic rings. The molecule has 138 valence electrons. The molecule has 0 heterocycles. The van der Waals surface area contributed by atoms with Crippen molar-refractivity contribution in [3.8, 4) is 5.75 Å². The van der Waals surface area contributed by atoms with E-state index in [0.29, 0.717) is 16.8 Å². The Hall–Kier alpha value is -3.16. The summed E-state index contributed by atoms with van der Waals surface area (Å²) in [5, 5.41) is 7.99. The van der Waals surface area contributed by atoms with E-state index in [4.69, 9.17) is 0 Å². The minimum atomic E-state index is -2.98. The molecule has 2 aromatic carbocycles. The second-order valence-corrected chi connectivity index (χ2v) is 5.33. The first kappa shape index (κ1) is 19.2. The van der Waals surface area contributed by atoms with Gasteiger partial charge in [-0.1, -0.05) is 18.2 Å². The Kier molecular flexibility index (Phi) is 6.48. The van der Waals surface area contributed by atoms with Crippen LogP contribution in [0.4, 0.5) is 20.2 Å². The molecule has 0 aliphatic rings. The fourth-order valence-electron chi connectivity index (χ4n) is 2.35. The normalized spacial score (nSPS) is 10.3. The summed E-state index contributed by atoms with van der Waals surface area (Å²) in [6.07, 6.45) is 0. The molecule has 26 heavy (non-hydrogen) atoms. The first-order chi connectivity index (χ1) is 12.4. The lowest BCUT2D eigenvalue weighted by Crippen LogP contribution is -2.23. The molecule has 0 atom stereocenters. The second kappa shape index (κ2) is 8.80. The van der Waals surface area contributed by atoms with Crippen LogP contribution < -0.4 is 20.7 Å². The Morgan fingerprint density at radius 1 is 1.08 bits per heavy atom. The van der Waals surface area contributed by atoms with E-state index in [9.17, 15) is 18.4 Å². The molecule has 0 aliphatic carbocycles. The average molecular weight is 363 g/mol. The minimum Gasteiger partial charge on any atom is -0.433 e. The third-order valence-corrected chi connectivity index (χ3v) is 3.62. The zero-order chi connectivity index (χ0) is 19.1. The van der Waals surface area contributed by atoms with Gasteiger partial charge in [0.05, 0.1) is 12.2 Å². The zero-order valence-electron chi connectivity index (χ0n) is 14.3. The number of hydrogen-bond acceptors (Lipinski definition) is 4. The molecule has 0 aliphatic heterocycles. The van der Waals surface area contributed by atoms with Crippen LogP contribution in [0.1, 0.15) is 15.9 Å². The van der Waals surface area contributed by atoms with Crippen molar-refractivity contribution < 1.29 is 23.1 Å². The summed E-state index contributed by atoms with van der Waals surface area (Å²) in [5.41, 5.74) is 1.96. The van der Waals surface area contributed by atoms with E-state index in [1.807, 2.05) is 0 Å². The Bertz CT molecular complexity index is 797. The number of ether oxygens (including phenoxy) is 1. The highest BCUT2D eigenvalue weighted by Crippen LogP contribution is 2.25. The van der Waals surface area contributed by atoms with Crippen molar-refractivity contribution in [1.82, 2.24) is 5.32 Å². The van der Waals surface area contributed by atoms with E-state index < -0.39 is 12.5 Å². The van der Waals surface area contributed by atoms with Gasteiger partial charge in [-0.25, -0.2) is 0 Å². The van der Waals surface area contributed by atoms with Crippen molar-refractivity contribution in [3.05, 3.63) is 53.6 Å². The highest BCUT2D eigenvalue weighted by molar-refractivity contribution is 5.98. The highest BCUT2D eigenvalue weighted by Gasteiger charge is 2.13. The van der Waals surface area contributed by atoms with E-state index in [-0.39, 0.29) is 23.9 Å². The summed E-state index contributed by atoms with van der Waals surface area (Å²) in [5.74, 6) is -0.789. The van der Waals surface area contributed by atoms with Gasteiger partial charge < -0.3 is 20.7 Å². The predicted molar refractivity (Wildman–Crippen MR) is 94.8 cm³/mol. The van der Waals surface area contributed by atoms with Gasteiger partial charge in [0, 0.05) is 18.3 Å². The SMILES string of the molecule is CNC(=O)c1cccc(NCC(=O)Nc2ccccc2OC(F)F)c1C. The monoisotopic (exact) mass is 363 g/mol. The Morgan fingerprint density at radius 3 is 2.46 bits per heavy atom. The molecule has 0 saturated carbocycles. The quantitative estimate of drug-likeness (QED) is 0.707. The van der Waals surface area contributed by atoms with Gasteiger partial charge in [-0.2, -0.15) is 8.78 Å². The van der Waals surface area contributed by atoms with Crippen LogP contribution in [0.15, 0.2) is 42.5 Å². The van der Waals surface area contributed by atoms with Gasteiger partial charge in [0.1, 0.15) is 5.75 Å². The van der Waals surface area contributed by atoms with E-state index in [2.05, 4.69) is 20.7 Å². The molecule has 0 unspecified atom stereocenters. The van der Waals surface area contributed by atoms with E-state index >= 15 is 0 Å². The molecule has 0 fully saturated rings. The molecule has 0 aromatic heterocycles. The number of carbonyl (C=O) groups excluding carboxylic acids is 2. The Morgan fingerprint density at radius 2 is 1.77 bits per heavy atom. The van der Waals surface area contributed by atoms with Crippen LogP contribution in [0.5, 0.6) is 5.75 Å². The van der Waals surface area contributed by atoms with Gasteiger partial charge in [-0.05, 0) is 36.8 Å². The minimum absolute atomic E-state index is 0.110. The average Bonchev–Trinajstić information content (AvgIpc) is 2.61. The first-order valence-corrected chi connectivity index (χ1v) is 7.81. The summed E-state index contributed by atoms with van der Waals surface area (Å²) in [4.78, 5) is 23.9. The molecule has 8 heteroatoms. The van der Waals surface area contributed by atoms with Gasteiger partial charge in [0.2, 0.25) is 5.91 Å². The molecule has 0 spiro atoms. The van der Waals surface area contributed by atoms with Crippen molar-refractivity contribution in [2.24, 2.45) is 0 Å². The van der Waals surface area contributed by atoms with Crippen LogP contribution in [-0.2, 0) is 4.79 Å².